The third-order valence-corrected chi connectivity index (χ3v) is 10.3. The summed E-state index contributed by atoms with van der Waals surface area (Å²) in [5.41, 5.74) is 3.93. The molecule has 1 atom stereocenters. The van der Waals surface area contributed by atoms with Crippen LogP contribution in [0.2, 0.25) is 0 Å². The van der Waals surface area contributed by atoms with Crippen LogP contribution in [-0.4, -0.2) is 68.3 Å². The van der Waals surface area contributed by atoms with Gasteiger partial charge in [-0.05, 0) is 105 Å². The van der Waals surface area contributed by atoms with Crippen LogP contribution in [0.4, 0.5) is 0 Å². The van der Waals surface area contributed by atoms with Crippen LogP contribution in [0.1, 0.15) is 114 Å². The molecule has 1 unspecified atom stereocenters. The van der Waals surface area contributed by atoms with E-state index in [0.29, 0.717) is 22.4 Å². The molecule has 47 heavy (non-hydrogen) atoms. The quantitative estimate of drug-likeness (QED) is 0.0527. The number of unbranched alkanes of at least 4 members (excludes halogenated alkanes) is 2. The molecule has 1 aromatic rings. The van der Waals surface area contributed by atoms with E-state index in [1.807, 2.05) is 0 Å². The van der Waals surface area contributed by atoms with Gasteiger partial charge in [-0.15, -0.1) is 5.23 Å². The zero-order chi connectivity index (χ0) is 33.9. The van der Waals surface area contributed by atoms with Gasteiger partial charge in [-0.1, -0.05) is 70.0 Å². The zero-order valence-electron chi connectivity index (χ0n) is 29.3. The molecule has 0 saturated heterocycles. The fourth-order valence-corrected chi connectivity index (χ4v) is 7.38. The highest BCUT2D eigenvalue weighted by molar-refractivity contribution is 5.72. The molecular formula is C39H63NO7. The summed E-state index contributed by atoms with van der Waals surface area (Å²) in [4.78, 5) is 18.0. The van der Waals surface area contributed by atoms with Crippen LogP contribution in [0.25, 0.3) is 0 Å². The second-order valence-corrected chi connectivity index (χ2v) is 14.0. The van der Waals surface area contributed by atoms with Gasteiger partial charge in [0.1, 0.15) is 0 Å². The summed E-state index contributed by atoms with van der Waals surface area (Å²) in [7, 11) is 1.53. The number of carbonyl (C=O) groups excluding carboxylic acids is 1. The first kappa shape index (κ1) is 39.2. The van der Waals surface area contributed by atoms with E-state index >= 15 is 0 Å². The van der Waals surface area contributed by atoms with Gasteiger partial charge in [0.25, 0.3) is 0 Å². The largest absolute Gasteiger partial charge is 0.465 e. The van der Waals surface area contributed by atoms with Gasteiger partial charge in [-0.3, -0.25) is 10.0 Å². The van der Waals surface area contributed by atoms with E-state index in [-0.39, 0.29) is 57.9 Å². The van der Waals surface area contributed by atoms with Crippen LogP contribution in [0, 0.1) is 23.7 Å². The SMILES string of the molecule is C=C(COCCO)CC(=O)OCC(CCC1CCC(C2CCC(c3ccc(CCCCC)cc3)CC2)CC1)CON(O)C(=C)COC. The first-order chi connectivity index (χ1) is 22.8. The van der Waals surface area contributed by atoms with E-state index in [2.05, 4.69) is 44.3 Å². The van der Waals surface area contributed by atoms with Crippen molar-refractivity contribution in [2.45, 2.75) is 109 Å². The van der Waals surface area contributed by atoms with E-state index in [4.69, 9.17) is 24.2 Å². The molecule has 2 aliphatic rings. The molecule has 0 amide bonds. The molecule has 2 saturated carbocycles. The molecule has 2 N–H and O–H groups in total. The fourth-order valence-electron chi connectivity index (χ4n) is 7.38. The monoisotopic (exact) mass is 657 g/mol. The van der Waals surface area contributed by atoms with Crippen LogP contribution in [0.5, 0.6) is 0 Å². The van der Waals surface area contributed by atoms with Crippen LogP contribution >= 0.6 is 0 Å². The minimum absolute atomic E-state index is 0.0626. The second-order valence-electron chi connectivity index (χ2n) is 14.0. The Bertz CT molecular complexity index is 1030. The lowest BCUT2D eigenvalue weighted by Crippen LogP contribution is -2.28. The van der Waals surface area contributed by atoms with Crippen LogP contribution in [-0.2, 0) is 30.3 Å². The first-order valence-corrected chi connectivity index (χ1v) is 18.2. The first-order valence-electron chi connectivity index (χ1n) is 18.2. The minimum atomic E-state index is -0.369. The molecular weight excluding hydrogens is 594 g/mol. The summed E-state index contributed by atoms with van der Waals surface area (Å²) in [5.74, 6) is 2.65. The fraction of sp³-hybridized carbons (Fsp3) is 0.718. The van der Waals surface area contributed by atoms with Gasteiger partial charge in [-0.25, -0.2) is 4.84 Å². The predicted molar refractivity (Wildman–Crippen MR) is 186 cm³/mol. The lowest BCUT2D eigenvalue weighted by atomic mass is 9.68. The normalized spacial score (nSPS) is 22.0. The van der Waals surface area contributed by atoms with Gasteiger partial charge >= 0.3 is 5.97 Å². The van der Waals surface area contributed by atoms with Gasteiger partial charge in [0, 0.05) is 13.0 Å². The Labute approximate surface area is 284 Å². The molecule has 8 nitrogen and oxygen atoms in total. The van der Waals surface area contributed by atoms with Crippen LogP contribution < -0.4 is 0 Å². The summed E-state index contributed by atoms with van der Waals surface area (Å²) in [5, 5.41) is 19.7. The van der Waals surface area contributed by atoms with Crippen molar-refractivity contribution in [2.75, 3.05) is 46.8 Å². The van der Waals surface area contributed by atoms with E-state index in [0.717, 1.165) is 30.6 Å². The molecule has 0 bridgehead atoms. The predicted octanol–water partition coefficient (Wildman–Crippen LogP) is 8.18. The van der Waals surface area contributed by atoms with Crippen molar-refractivity contribution in [3.63, 3.8) is 0 Å². The van der Waals surface area contributed by atoms with Gasteiger partial charge in [0.05, 0.1) is 51.8 Å². The third kappa shape index (κ3) is 14.8. The molecule has 266 valence electrons. The molecule has 3 rings (SSSR count). The Balaban J connectivity index is 1.40. The summed E-state index contributed by atoms with van der Waals surface area (Å²) >= 11 is 0. The number of aryl methyl sites for hydroxylation is 1. The highest BCUT2D eigenvalue weighted by Crippen LogP contribution is 2.44. The number of ether oxygens (including phenoxy) is 3. The number of esters is 1. The molecule has 0 spiro atoms. The summed E-state index contributed by atoms with van der Waals surface area (Å²) in [6.45, 7) is 10.8. The Kier molecular flexibility index (Phi) is 18.7. The lowest BCUT2D eigenvalue weighted by Gasteiger charge is -2.38. The Morgan fingerprint density at radius 1 is 0.957 bits per heavy atom. The maximum Gasteiger partial charge on any atom is 0.309 e. The number of methoxy groups -OCH3 is 1. The molecule has 1 aromatic carbocycles. The standard InChI is InChI=1S/C39H63NO7/c1-5-6-7-8-32-11-15-35(16-12-32)37-19-21-38(22-20-37)36-17-13-33(14-18-36)9-10-34(29-47-40(43)31(3)27-44-4)28-46-39(42)25-30(2)26-45-24-23-41/h11-12,15-16,33-34,36-38,41,43H,2-3,5-10,13-14,17-29H2,1,4H3. The average Bonchev–Trinajstić information content (AvgIpc) is 3.08. The van der Waals surface area contributed by atoms with Crippen LogP contribution in [0.3, 0.4) is 0 Å². The van der Waals surface area contributed by atoms with Gasteiger partial charge < -0.3 is 19.3 Å². The zero-order valence-corrected chi connectivity index (χ0v) is 29.3. The molecule has 8 heteroatoms. The number of aliphatic hydroxyl groups excluding tert-OH is 1. The smallest absolute Gasteiger partial charge is 0.309 e. The van der Waals surface area contributed by atoms with Gasteiger partial charge in [0.15, 0.2) is 0 Å². The number of benzene rings is 1. The third-order valence-electron chi connectivity index (χ3n) is 10.3. The molecule has 0 radical (unpaired) electrons. The maximum absolute atomic E-state index is 12.5. The highest BCUT2D eigenvalue weighted by Gasteiger charge is 2.31. The van der Waals surface area contributed by atoms with Crippen molar-refractivity contribution >= 4 is 5.97 Å². The van der Waals surface area contributed by atoms with E-state index in [1.165, 1.54) is 89.7 Å². The number of hydrogen-bond acceptors (Lipinski definition) is 8. The number of rotatable bonds is 23. The van der Waals surface area contributed by atoms with E-state index in [1.54, 1.807) is 5.56 Å². The highest BCUT2D eigenvalue weighted by atomic mass is 16.9. The summed E-state index contributed by atoms with van der Waals surface area (Å²) in [6.07, 6.45) is 17.5. The number of nitrogens with zero attached hydrogens (tertiary/aromatic N) is 1. The van der Waals surface area contributed by atoms with Gasteiger partial charge in [-0.2, -0.15) is 0 Å². The number of hydroxylamine groups is 2. The van der Waals surface area contributed by atoms with Crippen LogP contribution in [0.15, 0.2) is 48.7 Å². The molecule has 0 aliphatic heterocycles. The van der Waals surface area contributed by atoms with E-state index < -0.39 is 0 Å². The minimum Gasteiger partial charge on any atom is -0.465 e. The topological polar surface area (TPSA) is 97.7 Å². The molecule has 2 fully saturated rings. The molecule has 2 aliphatic carbocycles. The van der Waals surface area contributed by atoms with Crippen molar-refractivity contribution < 1.29 is 34.2 Å². The van der Waals surface area contributed by atoms with Gasteiger partial charge in [0.2, 0.25) is 0 Å². The Morgan fingerprint density at radius 2 is 1.64 bits per heavy atom. The number of carbonyl (C=O) groups is 1. The lowest BCUT2D eigenvalue weighted by molar-refractivity contribution is -0.323. The number of hydrogen-bond donors (Lipinski definition) is 2. The second kappa shape index (κ2) is 22.4. The van der Waals surface area contributed by atoms with E-state index in [9.17, 15) is 10.0 Å². The van der Waals surface area contributed by atoms with Crippen molar-refractivity contribution in [1.82, 2.24) is 5.23 Å². The van der Waals surface area contributed by atoms with Crippen molar-refractivity contribution in [3.05, 3.63) is 59.8 Å². The molecule has 0 aromatic heterocycles. The van der Waals surface area contributed by atoms with Crippen molar-refractivity contribution in [2.24, 2.45) is 23.7 Å². The number of aliphatic hydroxyl groups is 1. The van der Waals surface area contributed by atoms with Crippen molar-refractivity contribution in [1.29, 1.82) is 0 Å². The maximum atomic E-state index is 12.5. The average molecular weight is 658 g/mol. The molecule has 0 heterocycles. The Hall–Kier alpha value is -2.23. The summed E-state index contributed by atoms with van der Waals surface area (Å²) < 4.78 is 15.9. The van der Waals surface area contributed by atoms with Crippen molar-refractivity contribution in [3.8, 4) is 0 Å². The summed E-state index contributed by atoms with van der Waals surface area (Å²) in [6, 6.07) is 9.53. The Morgan fingerprint density at radius 3 is 2.28 bits per heavy atom.